The van der Waals surface area contributed by atoms with Crippen molar-refractivity contribution >= 4 is 11.7 Å². The molecule has 0 unspecified atom stereocenters. The van der Waals surface area contributed by atoms with E-state index in [0.29, 0.717) is 17.1 Å². The molecule has 2 aromatic heterocycles. The molecule has 3 aromatic rings. The molecule has 0 bridgehead atoms. The Morgan fingerprint density at radius 2 is 1.76 bits per heavy atom. The van der Waals surface area contributed by atoms with Gasteiger partial charge in [-0.2, -0.15) is 0 Å². The number of hydrogen-bond acceptors (Lipinski definition) is 5. The predicted molar refractivity (Wildman–Crippen MR) is 76.7 cm³/mol. The third kappa shape index (κ3) is 2.79. The van der Waals surface area contributed by atoms with E-state index in [1.165, 1.54) is 0 Å². The zero-order chi connectivity index (χ0) is 14.7. The molecule has 6 nitrogen and oxygen atoms in total. The monoisotopic (exact) mass is 280 g/mol. The molecule has 0 saturated heterocycles. The Labute approximate surface area is 120 Å². The maximum atomic E-state index is 12.1. The normalized spacial score (nSPS) is 10.3. The first-order chi connectivity index (χ1) is 10.2. The Kier molecular flexibility index (Phi) is 3.42. The van der Waals surface area contributed by atoms with E-state index in [4.69, 9.17) is 4.63 Å². The number of aryl methyl sites for hydroxylation is 1. The number of anilines is 1. The van der Waals surface area contributed by atoms with Gasteiger partial charge in [0.15, 0.2) is 5.69 Å². The lowest BCUT2D eigenvalue weighted by Gasteiger charge is -2.03. The van der Waals surface area contributed by atoms with Crippen LogP contribution in [0.4, 0.5) is 5.82 Å². The van der Waals surface area contributed by atoms with Gasteiger partial charge >= 0.3 is 0 Å². The minimum absolute atomic E-state index is 0.290. The van der Waals surface area contributed by atoms with Crippen molar-refractivity contribution in [2.75, 3.05) is 5.32 Å². The third-order valence-corrected chi connectivity index (χ3v) is 2.99. The SMILES string of the molecule is Cc1ccc(-c2nonc2NC(=O)c2ccncc2)cc1. The van der Waals surface area contributed by atoms with Crippen LogP contribution in [0.25, 0.3) is 11.3 Å². The van der Waals surface area contributed by atoms with Crippen molar-refractivity contribution in [1.29, 1.82) is 0 Å². The number of carbonyl (C=O) groups is 1. The van der Waals surface area contributed by atoms with Crippen molar-refractivity contribution in [3.05, 3.63) is 59.9 Å². The van der Waals surface area contributed by atoms with Gasteiger partial charge in [0.2, 0.25) is 5.82 Å². The van der Waals surface area contributed by atoms with Gasteiger partial charge in [0.1, 0.15) is 0 Å². The molecular formula is C15H12N4O2. The summed E-state index contributed by atoms with van der Waals surface area (Å²) in [5.41, 5.74) is 2.95. The van der Waals surface area contributed by atoms with Crippen LogP contribution in [0.5, 0.6) is 0 Å². The molecule has 0 aliphatic rings. The van der Waals surface area contributed by atoms with Gasteiger partial charge in [-0.1, -0.05) is 29.8 Å². The van der Waals surface area contributed by atoms with Crippen molar-refractivity contribution in [3.63, 3.8) is 0 Å². The lowest BCUT2D eigenvalue weighted by molar-refractivity contribution is 0.102. The number of amides is 1. The second-order valence-corrected chi connectivity index (χ2v) is 4.52. The summed E-state index contributed by atoms with van der Waals surface area (Å²) in [6.45, 7) is 2.00. The zero-order valence-electron chi connectivity index (χ0n) is 11.3. The lowest BCUT2D eigenvalue weighted by atomic mass is 10.1. The zero-order valence-corrected chi connectivity index (χ0v) is 11.3. The average molecular weight is 280 g/mol. The Hall–Kier alpha value is -3.02. The van der Waals surface area contributed by atoms with Crippen molar-refractivity contribution in [1.82, 2.24) is 15.3 Å². The van der Waals surface area contributed by atoms with E-state index in [0.717, 1.165) is 11.1 Å². The second kappa shape index (κ2) is 5.54. The Morgan fingerprint density at radius 3 is 2.48 bits per heavy atom. The number of aromatic nitrogens is 3. The molecule has 1 aromatic carbocycles. The summed E-state index contributed by atoms with van der Waals surface area (Å²) in [4.78, 5) is 16.0. The van der Waals surface area contributed by atoms with E-state index in [2.05, 4.69) is 20.6 Å². The van der Waals surface area contributed by atoms with Crippen LogP contribution in [0.2, 0.25) is 0 Å². The highest BCUT2D eigenvalue weighted by atomic mass is 16.6. The summed E-state index contributed by atoms with van der Waals surface area (Å²) in [5.74, 6) is 0.00197. The van der Waals surface area contributed by atoms with E-state index in [9.17, 15) is 4.79 Å². The molecule has 0 radical (unpaired) electrons. The third-order valence-electron chi connectivity index (χ3n) is 2.99. The molecule has 0 aliphatic heterocycles. The maximum absolute atomic E-state index is 12.1. The van der Waals surface area contributed by atoms with Gasteiger partial charge in [-0.25, -0.2) is 4.63 Å². The van der Waals surface area contributed by atoms with Crippen LogP contribution in [-0.2, 0) is 0 Å². The molecule has 0 saturated carbocycles. The fraction of sp³-hybridized carbons (Fsp3) is 0.0667. The summed E-state index contributed by atoms with van der Waals surface area (Å²) in [6, 6.07) is 11.0. The molecule has 0 fully saturated rings. The Bertz CT molecular complexity index is 751. The van der Waals surface area contributed by atoms with E-state index < -0.39 is 0 Å². The number of benzene rings is 1. The topological polar surface area (TPSA) is 80.9 Å². The molecule has 0 spiro atoms. The molecule has 1 amide bonds. The summed E-state index contributed by atoms with van der Waals surface area (Å²) in [5, 5.41) is 10.3. The fourth-order valence-corrected chi connectivity index (χ4v) is 1.85. The average Bonchev–Trinajstić information content (AvgIpc) is 2.97. The highest BCUT2D eigenvalue weighted by molar-refractivity contribution is 6.05. The fourth-order valence-electron chi connectivity index (χ4n) is 1.85. The molecule has 3 rings (SSSR count). The summed E-state index contributed by atoms with van der Waals surface area (Å²) in [7, 11) is 0. The van der Waals surface area contributed by atoms with Crippen LogP contribution in [0.15, 0.2) is 53.4 Å². The van der Waals surface area contributed by atoms with Crippen LogP contribution in [0.1, 0.15) is 15.9 Å². The van der Waals surface area contributed by atoms with Gasteiger partial charge in [0.25, 0.3) is 5.91 Å². The summed E-state index contributed by atoms with van der Waals surface area (Å²) < 4.78 is 4.74. The number of rotatable bonds is 3. The van der Waals surface area contributed by atoms with Crippen molar-refractivity contribution < 1.29 is 9.42 Å². The number of nitrogens with zero attached hydrogens (tertiary/aromatic N) is 3. The molecular weight excluding hydrogens is 268 g/mol. The molecule has 6 heteroatoms. The van der Waals surface area contributed by atoms with Crippen LogP contribution in [0, 0.1) is 6.92 Å². The lowest BCUT2D eigenvalue weighted by Crippen LogP contribution is -2.12. The van der Waals surface area contributed by atoms with E-state index in [1.807, 2.05) is 31.2 Å². The van der Waals surface area contributed by atoms with Gasteiger partial charge in [-0.05, 0) is 29.4 Å². The molecule has 0 aliphatic carbocycles. The maximum Gasteiger partial charge on any atom is 0.257 e. The van der Waals surface area contributed by atoms with Crippen molar-refractivity contribution in [2.45, 2.75) is 6.92 Å². The van der Waals surface area contributed by atoms with Crippen LogP contribution >= 0.6 is 0 Å². The number of hydrogen-bond donors (Lipinski definition) is 1. The van der Waals surface area contributed by atoms with Crippen LogP contribution < -0.4 is 5.32 Å². The van der Waals surface area contributed by atoms with Crippen LogP contribution in [0.3, 0.4) is 0 Å². The van der Waals surface area contributed by atoms with E-state index >= 15 is 0 Å². The highest BCUT2D eigenvalue weighted by Gasteiger charge is 2.15. The van der Waals surface area contributed by atoms with Gasteiger partial charge in [-0.3, -0.25) is 9.78 Å². The second-order valence-electron chi connectivity index (χ2n) is 4.52. The van der Waals surface area contributed by atoms with Crippen molar-refractivity contribution in [3.8, 4) is 11.3 Å². The van der Waals surface area contributed by atoms with Crippen LogP contribution in [-0.4, -0.2) is 21.2 Å². The molecule has 1 N–H and O–H groups in total. The minimum Gasteiger partial charge on any atom is -0.302 e. The number of carbonyl (C=O) groups excluding carboxylic acids is 1. The van der Waals surface area contributed by atoms with Gasteiger partial charge in [0.05, 0.1) is 0 Å². The van der Waals surface area contributed by atoms with E-state index in [1.54, 1.807) is 24.5 Å². The first-order valence-corrected chi connectivity index (χ1v) is 6.35. The Morgan fingerprint density at radius 1 is 1.05 bits per heavy atom. The first-order valence-electron chi connectivity index (χ1n) is 6.35. The number of nitrogens with one attached hydrogen (secondary N) is 1. The smallest absolute Gasteiger partial charge is 0.257 e. The molecule has 104 valence electrons. The molecule has 21 heavy (non-hydrogen) atoms. The molecule has 2 heterocycles. The van der Waals surface area contributed by atoms with Crippen molar-refractivity contribution in [2.24, 2.45) is 0 Å². The number of pyridine rings is 1. The minimum atomic E-state index is -0.290. The highest BCUT2D eigenvalue weighted by Crippen LogP contribution is 2.24. The van der Waals surface area contributed by atoms with Gasteiger partial charge in [0, 0.05) is 23.5 Å². The van der Waals surface area contributed by atoms with E-state index in [-0.39, 0.29) is 5.91 Å². The summed E-state index contributed by atoms with van der Waals surface area (Å²) in [6.07, 6.45) is 3.10. The van der Waals surface area contributed by atoms with Gasteiger partial charge in [-0.15, -0.1) is 0 Å². The predicted octanol–water partition coefficient (Wildman–Crippen LogP) is 2.69. The van der Waals surface area contributed by atoms with Gasteiger partial charge < -0.3 is 5.32 Å². The summed E-state index contributed by atoms with van der Waals surface area (Å²) >= 11 is 0. The quantitative estimate of drug-likeness (QED) is 0.797. The first kappa shape index (κ1) is 13.0. The standard InChI is InChI=1S/C15H12N4O2/c1-10-2-4-11(5-3-10)13-14(19-21-18-13)17-15(20)12-6-8-16-9-7-12/h2-9H,1H3,(H,17,19,20). The Balaban J connectivity index is 1.86. The largest absolute Gasteiger partial charge is 0.302 e. The molecule has 0 atom stereocenters.